The second kappa shape index (κ2) is 8.28. The van der Waals surface area contributed by atoms with Gasteiger partial charge in [0.1, 0.15) is 0 Å². The third-order valence-corrected chi connectivity index (χ3v) is 3.07. The predicted octanol–water partition coefficient (Wildman–Crippen LogP) is 1.33. The van der Waals surface area contributed by atoms with Gasteiger partial charge in [-0.1, -0.05) is 11.8 Å². The zero-order chi connectivity index (χ0) is 13.2. The van der Waals surface area contributed by atoms with Gasteiger partial charge in [0.2, 0.25) is 0 Å². The van der Waals surface area contributed by atoms with Crippen molar-refractivity contribution in [3.8, 4) is 24.0 Å². The Morgan fingerprint density at radius 3 is 2.61 bits per heavy atom. The van der Waals surface area contributed by atoms with Crippen LogP contribution in [0.25, 0.3) is 0 Å². The van der Waals surface area contributed by atoms with Crippen LogP contribution in [0, 0.1) is 34.5 Å². The largest absolute Gasteiger partial charge is 0.395 e. The minimum Gasteiger partial charge on any atom is -0.395 e. The summed E-state index contributed by atoms with van der Waals surface area (Å²) < 4.78 is 0. The zero-order valence-corrected chi connectivity index (χ0v) is 10.7. The van der Waals surface area contributed by atoms with Gasteiger partial charge < -0.3 is 5.11 Å². The second-order valence-corrected chi connectivity index (χ2v) is 4.49. The molecule has 1 aromatic rings. The molecule has 5 heteroatoms. The van der Waals surface area contributed by atoms with E-state index < -0.39 is 0 Å². The lowest BCUT2D eigenvalue weighted by Gasteiger charge is -2.13. The summed E-state index contributed by atoms with van der Waals surface area (Å²) in [6.45, 7) is 1.08. The molecule has 0 saturated heterocycles. The van der Waals surface area contributed by atoms with Crippen molar-refractivity contribution in [3.63, 3.8) is 0 Å². The summed E-state index contributed by atoms with van der Waals surface area (Å²) in [5.41, 5.74) is 0.911. The molecule has 18 heavy (non-hydrogen) atoms. The Hall–Kier alpha value is -1.84. The van der Waals surface area contributed by atoms with Crippen molar-refractivity contribution < 1.29 is 5.11 Å². The van der Waals surface area contributed by atoms with E-state index in [4.69, 9.17) is 15.6 Å². The van der Waals surface area contributed by atoms with Crippen LogP contribution in [0.15, 0.2) is 11.4 Å². The molecule has 0 radical (unpaired) electrons. The van der Waals surface area contributed by atoms with Crippen LogP contribution >= 0.6 is 11.3 Å². The highest BCUT2D eigenvalue weighted by Crippen LogP contribution is 2.18. The molecule has 0 aliphatic carbocycles. The molecule has 4 nitrogen and oxygen atoms in total. The standard InChI is InChI=1S/C13H13N3OS/c14-5-7-16(8-6-15)11-13-12(4-10-18-13)3-1-2-9-17/h4,10,17H,2,7-9,11H2. The molecule has 0 aromatic carbocycles. The van der Waals surface area contributed by atoms with Crippen LogP contribution in [0.2, 0.25) is 0 Å². The van der Waals surface area contributed by atoms with E-state index >= 15 is 0 Å². The Bertz CT molecular complexity index is 497. The fraction of sp³-hybridized carbons (Fsp3) is 0.385. The fourth-order valence-corrected chi connectivity index (χ4v) is 2.23. The van der Waals surface area contributed by atoms with Crippen LogP contribution < -0.4 is 0 Å². The van der Waals surface area contributed by atoms with E-state index in [1.54, 1.807) is 16.2 Å². The minimum atomic E-state index is 0.0570. The monoisotopic (exact) mass is 259 g/mol. The highest BCUT2D eigenvalue weighted by atomic mass is 32.1. The number of aliphatic hydroxyl groups is 1. The average molecular weight is 259 g/mol. The van der Waals surface area contributed by atoms with Gasteiger partial charge in [-0.05, 0) is 11.4 Å². The maximum Gasteiger partial charge on any atom is 0.0877 e. The van der Waals surface area contributed by atoms with Gasteiger partial charge in [-0.3, -0.25) is 4.90 Å². The van der Waals surface area contributed by atoms with Crippen molar-refractivity contribution in [2.45, 2.75) is 13.0 Å². The quantitative estimate of drug-likeness (QED) is 0.639. The normalized spacial score (nSPS) is 9.33. The van der Waals surface area contributed by atoms with E-state index in [9.17, 15) is 0 Å². The maximum absolute atomic E-state index is 8.68. The Morgan fingerprint density at radius 1 is 1.28 bits per heavy atom. The van der Waals surface area contributed by atoms with E-state index in [0.29, 0.717) is 13.0 Å². The molecule has 1 rings (SSSR count). The van der Waals surface area contributed by atoms with Crippen molar-refractivity contribution in [3.05, 3.63) is 21.9 Å². The molecule has 0 amide bonds. The highest BCUT2D eigenvalue weighted by molar-refractivity contribution is 7.10. The number of nitrogens with zero attached hydrogens (tertiary/aromatic N) is 3. The SMILES string of the molecule is N#CCN(CC#N)Cc1sccc1C#CCCO. The Kier molecular flexibility index (Phi) is 6.54. The smallest absolute Gasteiger partial charge is 0.0877 e. The number of hydrogen-bond donors (Lipinski definition) is 1. The molecular weight excluding hydrogens is 246 g/mol. The molecule has 1 N–H and O–H groups in total. The van der Waals surface area contributed by atoms with Gasteiger partial charge in [-0.15, -0.1) is 11.3 Å². The van der Waals surface area contributed by atoms with Crippen molar-refractivity contribution in [1.29, 1.82) is 10.5 Å². The summed E-state index contributed by atoms with van der Waals surface area (Å²) in [5, 5.41) is 28.0. The molecule has 0 fully saturated rings. The number of thiophene rings is 1. The maximum atomic E-state index is 8.68. The van der Waals surface area contributed by atoms with Crippen molar-refractivity contribution in [1.82, 2.24) is 4.90 Å². The van der Waals surface area contributed by atoms with Crippen LogP contribution in [-0.2, 0) is 6.54 Å². The summed E-state index contributed by atoms with van der Waals surface area (Å²) in [6.07, 6.45) is 0.454. The lowest BCUT2D eigenvalue weighted by Crippen LogP contribution is -2.23. The Labute approximate surface area is 111 Å². The molecule has 0 aliphatic rings. The number of hydrogen-bond acceptors (Lipinski definition) is 5. The topological polar surface area (TPSA) is 71.0 Å². The molecule has 0 unspecified atom stereocenters. The first-order valence-electron chi connectivity index (χ1n) is 5.44. The summed E-state index contributed by atoms with van der Waals surface area (Å²) >= 11 is 1.56. The van der Waals surface area contributed by atoms with Gasteiger partial charge in [-0.25, -0.2) is 0 Å². The molecule has 0 atom stereocenters. The van der Waals surface area contributed by atoms with E-state index in [2.05, 4.69) is 11.8 Å². The van der Waals surface area contributed by atoms with Gasteiger partial charge in [0.25, 0.3) is 0 Å². The van der Waals surface area contributed by atoms with Crippen molar-refractivity contribution in [2.75, 3.05) is 19.7 Å². The molecule has 0 saturated carbocycles. The van der Waals surface area contributed by atoms with Crippen LogP contribution in [0.3, 0.4) is 0 Å². The van der Waals surface area contributed by atoms with Crippen LogP contribution in [-0.4, -0.2) is 29.7 Å². The lowest BCUT2D eigenvalue weighted by molar-refractivity contribution is 0.305. The van der Waals surface area contributed by atoms with Gasteiger partial charge in [0, 0.05) is 23.4 Å². The van der Waals surface area contributed by atoms with Crippen molar-refractivity contribution in [2.24, 2.45) is 0 Å². The summed E-state index contributed by atoms with van der Waals surface area (Å²) in [7, 11) is 0. The van der Waals surface area contributed by atoms with Gasteiger partial charge in [-0.2, -0.15) is 10.5 Å². The third-order valence-electron chi connectivity index (χ3n) is 2.16. The molecule has 0 bridgehead atoms. The summed E-state index contributed by atoms with van der Waals surface area (Å²) in [4.78, 5) is 2.81. The number of nitriles is 2. The fourth-order valence-electron chi connectivity index (χ4n) is 1.36. The lowest BCUT2D eigenvalue weighted by atomic mass is 10.2. The third kappa shape index (κ3) is 4.57. The molecular formula is C13H13N3OS. The number of aliphatic hydroxyl groups excluding tert-OH is 1. The predicted molar refractivity (Wildman–Crippen MR) is 69.4 cm³/mol. The molecule has 92 valence electrons. The highest BCUT2D eigenvalue weighted by Gasteiger charge is 2.08. The zero-order valence-electron chi connectivity index (χ0n) is 9.89. The number of rotatable bonds is 5. The van der Waals surface area contributed by atoms with Gasteiger partial charge >= 0.3 is 0 Å². The summed E-state index contributed by atoms with van der Waals surface area (Å²) in [6, 6.07) is 6.01. The molecule has 0 aliphatic heterocycles. The van der Waals surface area contributed by atoms with E-state index in [-0.39, 0.29) is 19.7 Å². The summed E-state index contributed by atoms with van der Waals surface area (Å²) in [5.74, 6) is 5.86. The molecule has 1 aromatic heterocycles. The van der Waals surface area contributed by atoms with Gasteiger partial charge in [0.15, 0.2) is 0 Å². The first kappa shape index (κ1) is 14.2. The second-order valence-electron chi connectivity index (χ2n) is 3.49. The Morgan fingerprint density at radius 2 is 2.00 bits per heavy atom. The van der Waals surface area contributed by atoms with Crippen LogP contribution in [0.5, 0.6) is 0 Å². The molecule has 0 spiro atoms. The van der Waals surface area contributed by atoms with E-state index in [1.165, 1.54) is 0 Å². The van der Waals surface area contributed by atoms with Crippen LogP contribution in [0.1, 0.15) is 16.9 Å². The first-order chi connectivity index (χ1) is 8.81. The average Bonchev–Trinajstić information content (AvgIpc) is 2.78. The first-order valence-corrected chi connectivity index (χ1v) is 6.32. The van der Waals surface area contributed by atoms with E-state index in [0.717, 1.165) is 10.4 Å². The van der Waals surface area contributed by atoms with Gasteiger partial charge in [0.05, 0.1) is 31.8 Å². The van der Waals surface area contributed by atoms with Crippen molar-refractivity contribution >= 4 is 11.3 Å². The Balaban J connectivity index is 2.73. The molecule has 1 heterocycles. The van der Waals surface area contributed by atoms with E-state index in [1.807, 2.05) is 23.6 Å². The minimum absolute atomic E-state index is 0.0570. The van der Waals surface area contributed by atoms with Crippen LogP contribution in [0.4, 0.5) is 0 Å².